The summed E-state index contributed by atoms with van der Waals surface area (Å²) in [5, 5.41) is 9.75. The summed E-state index contributed by atoms with van der Waals surface area (Å²) in [5.41, 5.74) is 2.32. The number of carboxylic acid groups (broad SMARTS) is 1. The van der Waals surface area contributed by atoms with Gasteiger partial charge in [-0.25, -0.2) is 9.37 Å². The van der Waals surface area contributed by atoms with Gasteiger partial charge in [-0.1, -0.05) is 30.7 Å². The SMILES string of the molecule is CC(Cc1cnc(CN2CCC(c3cccc4c3OC(C)(c3ccc(Cl)cc3F)O4)CC2)n1CC1CCO1)C(=O)O. The Balaban J connectivity index is 1.14. The van der Waals surface area contributed by atoms with E-state index in [1.807, 2.05) is 18.3 Å². The number of aliphatic carboxylic acids is 1. The highest BCUT2D eigenvalue weighted by Crippen LogP contribution is 2.49. The van der Waals surface area contributed by atoms with Crippen molar-refractivity contribution in [2.75, 3.05) is 19.7 Å². The third kappa shape index (κ3) is 5.67. The van der Waals surface area contributed by atoms with E-state index in [9.17, 15) is 14.3 Å². The Bertz CT molecular complexity index is 1440. The number of imidazole rings is 1. The van der Waals surface area contributed by atoms with Crippen molar-refractivity contribution in [2.24, 2.45) is 5.92 Å². The molecule has 3 aliphatic rings. The maximum atomic E-state index is 14.8. The van der Waals surface area contributed by atoms with Crippen molar-refractivity contribution >= 4 is 17.6 Å². The van der Waals surface area contributed by atoms with Gasteiger partial charge >= 0.3 is 5.97 Å². The smallest absolute Gasteiger partial charge is 0.306 e. The summed E-state index contributed by atoms with van der Waals surface area (Å²) < 4.78 is 35.1. The van der Waals surface area contributed by atoms with E-state index in [0.29, 0.717) is 41.6 Å². The first kappa shape index (κ1) is 28.0. The highest BCUT2D eigenvalue weighted by Gasteiger charge is 2.43. The minimum Gasteiger partial charge on any atom is -0.481 e. The second-order valence-electron chi connectivity index (χ2n) is 11.5. The van der Waals surface area contributed by atoms with Crippen LogP contribution < -0.4 is 9.47 Å². The molecule has 0 aliphatic carbocycles. The van der Waals surface area contributed by atoms with Crippen LogP contribution in [0.25, 0.3) is 0 Å². The molecule has 2 saturated heterocycles. The first-order valence-electron chi connectivity index (χ1n) is 14.3. The van der Waals surface area contributed by atoms with Crippen molar-refractivity contribution in [3.63, 3.8) is 0 Å². The van der Waals surface area contributed by atoms with Crippen molar-refractivity contribution in [1.82, 2.24) is 14.5 Å². The normalized spacial score (nSPS) is 23.4. The van der Waals surface area contributed by atoms with Gasteiger partial charge in [-0.3, -0.25) is 9.69 Å². The molecule has 0 saturated carbocycles. The van der Waals surface area contributed by atoms with E-state index in [4.69, 9.17) is 30.8 Å². The summed E-state index contributed by atoms with van der Waals surface area (Å²) in [6.45, 7) is 7.39. The molecule has 3 unspecified atom stereocenters. The molecular formula is C31H35ClFN3O5. The molecular weight excluding hydrogens is 549 g/mol. The van der Waals surface area contributed by atoms with E-state index in [1.54, 1.807) is 26.0 Å². The first-order chi connectivity index (χ1) is 19.7. The average Bonchev–Trinajstić information content (AvgIpc) is 3.46. The molecule has 1 aromatic heterocycles. The largest absolute Gasteiger partial charge is 0.481 e. The van der Waals surface area contributed by atoms with Crippen LogP contribution in [-0.2, 0) is 34.8 Å². The molecule has 6 rings (SSSR count). The highest BCUT2D eigenvalue weighted by molar-refractivity contribution is 6.30. The van der Waals surface area contributed by atoms with E-state index in [2.05, 4.69) is 15.5 Å². The molecule has 3 aliphatic heterocycles. The third-order valence-corrected chi connectivity index (χ3v) is 8.80. The number of nitrogens with zero attached hydrogens (tertiary/aromatic N) is 3. The Labute approximate surface area is 244 Å². The van der Waals surface area contributed by atoms with Gasteiger partial charge in [-0.15, -0.1) is 0 Å². The van der Waals surface area contributed by atoms with Gasteiger partial charge in [-0.05, 0) is 62.5 Å². The van der Waals surface area contributed by atoms with E-state index in [0.717, 1.165) is 56.0 Å². The quantitative estimate of drug-likeness (QED) is 0.343. The Morgan fingerprint density at radius 1 is 1.22 bits per heavy atom. The molecule has 8 nitrogen and oxygen atoms in total. The standard InChI is InChI=1S/C31H35ClFN3O5/c1-19(30(37)38)14-22-16-34-28(36(22)17-23-10-13-39-23)18-35-11-8-20(9-12-35)24-4-3-5-27-29(24)41-31(2,40-27)25-7-6-21(32)15-26(25)33/h3-7,15-16,19-20,23H,8-14,17-18H2,1-2H3,(H,37,38). The van der Waals surface area contributed by atoms with Crippen LogP contribution in [0.4, 0.5) is 4.39 Å². The lowest BCUT2D eigenvalue weighted by molar-refractivity contribution is -0.141. The lowest BCUT2D eigenvalue weighted by Crippen LogP contribution is -2.36. The molecule has 41 heavy (non-hydrogen) atoms. The van der Waals surface area contributed by atoms with Crippen LogP contribution in [0, 0.1) is 11.7 Å². The molecule has 2 aromatic carbocycles. The van der Waals surface area contributed by atoms with Crippen molar-refractivity contribution in [2.45, 2.75) is 70.4 Å². The monoisotopic (exact) mass is 583 g/mol. The summed E-state index contributed by atoms with van der Waals surface area (Å²) in [6, 6.07) is 10.4. The minimum atomic E-state index is -1.27. The van der Waals surface area contributed by atoms with E-state index < -0.39 is 23.5 Å². The number of benzene rings is 2. The molecule has 218 valence electrons. The molecule has 2 fully saturated rings. The van der Waals surface area contributed by atoms with Crippen molar-refractivity contribution < 1.29 is 28.5 Å². The second kappa shape index (κ2) is 11.3. The Morgan fingerprint density at radius 2 is 2.00 bits per heavy atom. The number of para-hydroxylation sites is 1. The zero-order chi connectivity index (χ0) is 28.7. The van der Waals surface area contributed by atoms with E-state index in [-0.39, 0.29) is 12.0 Å². The molecule has 4 heterocycles. The van der Waals surface area contributed by atoms with E-state index in [1.165, 1.54) is 6.07 Å². The number of hydrogen-bond acceptors (Lipinski definition) is 6. The molecule has 0 radical (unpaired) electrons. The first-order valence-corrected chi connectivity index (χ1v) is 14.6. The lowest BCUT2D eigenvalue weighted by Gasteiger charge is -2.33. The molecule has 10 heteroatoms. The summed E-state index contributed by atoms with van der Waals surface area (Å²) in [7, 11) is 0. The van der Waals surface area contributed by atoms with Crippen LogP contribution in [0.2, 0.25) is 5.02 Å². The van der Waals surface area contributed by atoms with Crippen LogP contribution in [-0.4, -0.2) is 51.3 Å². The zero-order valence-electron chi connectivity index (χ0n) is 23.3. The number of fused-ring (bicyclic) bond motifs is 1. The van der Waals surface area contributed by atoms with Crippen molar-refractivity contribution in [3.8, 4) is 11.5 Å². The van der Waals surface area contributed by atoms with Gasteiger partial charge in [0.1, 0.15) is 11.6 Å². The molecule has 3 atom stereocenters. The fourth-order valence-electron chi connectivity index (χ4n) is 6.04. The number of hydrogen-bond donors (Lipinski definition) is 1. The Hall–Kier alpha value is -3.14. The topological polar surface area (TPSA) is 86.0 Å². The number of carboxylic acids is 1. The number of halogens is 2. The molecule has 3 aromatic rings. The zero-order valence-corrected chi connectivity index (χ0v) is 24.1. The maximum Gasteiger partial charge on any atom is 0.306 e. The van der Waals surface area contributed by atoms with Crippen LogP contribution in [0.15, 0.2) is 42.6 Å². The predicted octanol–water partition coefficient (Wildman–Crippen LogP) is 5.75. The van der Waals surface area contributed by atoms with Crippen molar-refractivity contribution in [3.05, 3.63) is 76.1 Å². The van der Waals surface area contributed by atoms with Crippen LogP contribution in [0.3, 0.4) is 0 Å². The molecule has 0 bridgehead atoms. The Morgan fingerprint density at radius 3 is 2.68 bits per heavy atom. The fraction of sp³-hybridized carbons (Fsp3) is 0.484. The highest BCUT2D eigenvalue weighted by atomic mass is 35.5. The van der Waals surface area contributed by atoms with Gasteiger partial charge in [0.05, 0.1) is 30.7 Å². The average molecular weight is 584 g/mol. The number of carbonyl (C=O) groups is 1. The van der Waals surface area contributed by atoms with Gasteiger partial charge in [0.15, 0.2) is 11.5 Å². The maximum absolute atomic E-state index is 14.8. The molecule has 1 N–H and O–H groups in total. The predicted molar refractivity (Wildman–Crippen MR) is 151 cm³/mol. The Kier molecular flexibility index (Phi) is 7.70. The summed E-state index contributed by atoms with van der Waals surface area (Å²) in [6.07, 6.45) is 5.29. The third-order valence-electron chi connectivity index (χ3n) is 8.56. The fourth-order valence-corrected chi connectivity index (χ4v) is 6.20. The summed E-state index contributed by atoms with van der Waals surface area (Å²) in [5.74, 6) is -0.506. The van der Waals surface area contributed by atoms with Crippen LogP contribution >= 0.6 is 11.6 Å². The van der Waals surface area contributed by atoms with Gasteiger partial charge in [0.2, 0.25) is 0 Å². The lowest BCUT2D eigenvalue weighted by atomic mass is 9.88. The van der Waals surface area contributed by atoms with E-state index >= 15 is 0 Å². The summed E-state index contributed by atoms with van der Waals surface area (Å²) in [4.78, 5) is 18.6. The van der Waals surface area contributed by atoms with Crippen LogP contribution in [0.5, 0.6) is 11.5 Å². The molecule has 0 amide bonds. The van der Waals surface area contributed by atoms with Crippen molar-refractivity contribution in [1.29, 1.82) is 0 Å². The van der Waals surface area contributed by atoms with Gasteiger partial charge in [-0.2, -0.15) is 0 Å². The number of piperidine rings is 1. The summed E-state index contributed by atoms with van der Waals surface area (Å²) >= 11 is 5.96. The second-order valence-corrected chi connectivity index (χ2v) is 11.9. The number of ether oxygens (including phenoxy) is 3. The number of rotatable bonds is 9. The number of aromatic nitrogens is 2. The van der Waals surface area contributed by atoms with Gasteiger partial charge < -0.3 is 23.9 Å². The molecule has 0 spiro atoms. The minimum absolute atomic E-state index is 0.155. The van der Waals surface area contributed by atoms with Gasteiger partial charge in [0.25, 0.3) is 5.79 Å². The number of likely N-dealkylation sites (tertiary alicyclic amines) is 1. The van der Waals surface area contributed by atoms with Crippen LogP contribution in [0.1, 0.15) is 61.7 Å². The van der Waals surface area contributed by atoms with Gasteiger partial charge in [0, 0.05) is 42.4 Å².